The number of hydrogen-bond donors (Lipinski definition) is 3. The van der Waals surface area contributed by atoms with E-state index in [0.717, 1.165) is 52.1 Å². The Morgan fingerprint density at radius 2 is 1.42 bits per heavy atom. The van der Waals surface area contributed by atoms with Crippen LogP contribution in [0.25, 0.3) is 0 Å². The Labute approximate surface area is 221 Å². The van der Waals surface area contributed by atoms with E-state index in [1.165, 1.54) is 23.3 Å². The number of aryl methyl sites for hydroxylation is 2. The number of nitrogens with one attached hydrogen (secondary N) is 2. The highest BCUT2D eigenvalue weighted by molar-refractivity contribution is 6.19. The van der Waals surface area contributed by atoms with Gasteiger partial charge < -0.3 is 16.4 Å². The Balaban J connectivity index is 1.64. The molecular formula is C30H30FN5O2. The number of carbonyl (C=O) groups is 2. The van der Waals surface area contributed by atoms with Gasteiger partial charge >= 0.3 is 0 Å². The average Bonchev–Trinajstić information content (AvgIpc) is 3.39. The Kier molecular flexibility index (Phi) is 7.42. The number of amides is 2. The van der Waals surface area contributed by atoms with Crippen molar-refractivity contribution in [2.45, 2.75) is 44.2 Å². The van der Waals surface area contributed by atoms with Crippen LogP contribution in [-0.2, 0) is 40.9 Å². The highest BCUT2D eigenvalue weighted by Crippen LogP contribution is 2.45. The molecule has 0 radical (unpaired) electrons. The number of nitrogens with zero attached hydrogens (tertiary/aromatic N) is 2. The summed E-state index contributed by atoms with van der Waals surface area (Å²) in [6.07, 6.45) is 4.19. The first-order chi connectivity index (χ1) is 18.6. The zero-order chi connectivity index (χ0) is 26.5. The molecule has 2 aliphatic rings. The Hall–Kier alpha value is -4.17. The molecule has 4 N–H and O–H groups in total. The highest BCUT2D eigenvalue weighted by atomic mass is 19.1. The van der Waals surface area contributed by atoms with E-state index in [1.54, 1.807) is 12.1 Å². The minimum atomic E-state index is -0.603. The van der Waals surface area contributed by atoms with Crippen LogP contribution in [0.1, 0.15) is 51.8 Å². The molecule has 8 heteroatoms. The molecule has 7 nitrogen and oxygen atoms in total. The van der Waals surface area contributed by atoms with Crippen molar-refractivity contribution in [3.63, 3.8) is 0 Å². The minimum absolute atomic E-state index is 0.292. The van der Waals surface area contributed by atoms with E-state index in [0.29, 0.717) is 45.3 Å². The maximum atomic E-state index is 13.6. The predicted octanol–water partition coefficient (Wildman–Crippen LogP) is 3.30. The third kappa shape index (κ3) is 4.75. The second kappa shape index (κ2) is 11.1. The number of hydrogen-bond acceptors (Lipinski definition) is 5. The summed E-state index contributed by atoms with van der Waals surface area (Å²) in [7, 11) is 0. The summed E-state index contributed by atoms with van der Waals surface area (Å²) in [4.78, 5) is 21.8. The second-order valence-corrected chi connectivity index (χ2v) is 9.70. The first kappa shape index (κ1) is 25.5. The summed E-state index contributed by atoms with van der Waals surface area (Å²) in [6, 6.07) is 19.0. The molecule has 0 saturated carbocycles. The molecule has 5 rings (SSSR count). The number of carbonyl (C=O) groups excluding carboxylic acids is 2. The summed E-state index contributed by atoms with van der Waals surface area (Å²) in [5.74, 6) is -0.292. The van der Waals surface area contributed by atoms with Gasteiger partial charge in [0.1, 0.15) is 5.82 Å². The maximum Gasteiger partial charge on any atom is 0.207 e. The van der Waals surface area contributed by atoms with Gasteiger partial charge in [0.2, 0.25) is 12.8 Å². The molecule has 1 aliphatic carbocycles. The second-order valence-electron chi connectivity index (χ2n) is 9.70. The molecule has 0 spiro atoms. The fourth-order valence-electron chi connectivity index (χ4n) is 5.82. The summed E-state index contributed by atoms with van der Waals surface area (Å²) < 4.78 is 13.6. The highest BCUT2D eigenvalue weighted by Gasteiger charge is 2.44. The van der Waals surface area contributed by atoms with Gasteiger partial charge in [-0.05, 0) is 76.9 Å². The van der Waals surface area contributed by atoms with Crippen LogP contribution < -0.4 is 16.4 Å². The van der Waals surface area contributed by atoms with E-state index in [4.69, 9.17) is 10.8 Å². The topological polar surface area (TPSA) is 109 Å². The molecule has 0 bridgehead atoms. The van der Waals surface area contributed by atoms with Crippen LogP contribution in [0, 0.1) is 5.82 Å². The smallest absolute Gasteiger partial charge is 0.207 e. The van der Waals surface area contributed by atoms with Crippen LogP contribution >= 0.6 is 0 Å². The summed E-state index contributed by atoms with van der Waals surface area (Å²) >= 11 is 0. The molecular weight excluding hydrogens is 481 g/mol. The van der Waals surface area contributed by atoms with Gasteiger partial charge in [-0.3, -0.25) is 9.59 Å². The van der Waals surface area contributed by atoms with Crippen molar-refractivity contribution in [1.29, 1.82) is 0 Å². The zero-order valence-corrected chi connectivity index (χ0v) is 21.0. The van der Waals surface area contributed by atoms with Gasteiger partial charge in [-0.2, -0.15) is 10.2 Å². The number of nitrogens with two attached hydrogens (primary N) is 1. The largest absolute Gasteiger partial charge is 0.355 e. The Bertz CT molecular complexity index is 1350. The SMILES string of the molecule is NCCC1(C2=NN=C(c3ccc(F)cc3)C2)c2ccc(CNC=O)cc2CCc2cc(CNC=O)ccc21. The monoisotopic (exact) mass is 511 g/mol. The third-order valence-electron chi connectivity index (χ3n) is 7.52. The van der Waals surface area contributed by atoms with E-state index in [-0.39, 0.29) is 5.82 Å². The van der Waals surface area contributed by atoms with Crippen molar-refractivity contribution < 1.29 is 14.0 Å². The molecule has 0 aromatic heterocycles. The number of fused-ring (bicyclic) bond motifs is 2. The Morgan fingerprint density at radius 1 is 0.842 bits per heavy atom. The molecule has 0 saturated heterocycles. The van der Waals surface area contributed by atoms with E-state index in [1.807, 2.05) is 12.1 Å². The van der Waals surface area contributed by atoms with E-state index in [2.05, 4.69) is 40.0 Å². The van der Waals surface area contributed by atoms with Crippen molar-refractivity contribution in [2.75, 3.05) is 6.54 Å². The van der Waals surface area contributed by atoms with Crippen molar-refractivity contribution in [1.82, 2.24) is 10.6 Å². The van der Waals surface area contributed by atoms with Gasteiger partial charge in [-0.15, -0.1) is 0 Å². The lowest BCUT2D eigenvalue weighted by atomic mass is 9.65. The molecule has 0 fully saturated rings. The van der Waals surface area contributed by atoms with Crippen molar-refractivity contribution in [3.05, 3.63) is 105 Å². The first-order valence-electron chi connectivity index (χ1n) is 12.8. The molecule has 3 aromatic carbocycles. The van der Waals surface area contributed by atoms with Crippen molar-refractivity contribution in [2.24, 2.45) is 15.9 Å². The van der Waals surface area contributed by atoms with Gasteiger partial charge in [0, 0.05) is 19.5 Å². The van der Waals surface area contributed by atoms with Gasteiger partial charge in [-0.1, -0.05) is 48.5 Å². The van der Waals surface area contributed by atoms with Crippen LogP contribution in [0.4, 0.5) is 4.39 Å². The quantitative estimate of drug-likeness (QED) is 0.364. The summed E-state index contributed by atoms with van der Waals surface area (Å²) in [6.45, 7) is 1.34. The number of benzene rings is 3. The van der Waals surface area contributed by atoms with Gasteiger partial charge in [0.15, 0.2) is 0 Å². The average molecular weight is 512 g/mol. The van der Waals surface area contributed by atoms with E-state index in [9.17, 15) is 14.0 Å². The summed E-state index contributed by atoms with van der Waals surface area (Å²) in [5, 5.41) is 14.8. The van der Waals surface area contributed by atoms with Crippen molar-refractivity contribution >= 4 is 24.2 Å². The molecule has 1 aliphatic heterocycles. The molecule has 0 unspecified atom stereocenters. The fourth-order valence-corrected chi connectivity index (χ4v) is 5.82. The van der Waals surface area contributed by atoms with Gasteiger partial charge in [-0.25, -0.2) is 4.39 Å². The molecule has 2 amide bonds. The lowest BCUT2D eigenvalue weighted by Gasteiger charge is -2.37. The predicted molar refractivity (Wildman–Crippen MR) is 146 cm³/mol. The van der Waals surface area contributed by atoms with Gasteiger partial charge in [0.05, 0.1) is 16.8 Å². The maximum absolute atomic E-state index is 13.6. The van der Waals surface area contributed by atoms with Crippen LogP contribution in [0.15, 0.2) is 70.9 Å². The number of halogens is 1. The molecule has 0 atom stereocenters. The lowest BCUT2D eigenvalue weighted by molar-refractivity contribution is -0.110. The third-order valence-corrected chi connectivity index (χ3v) is 7.52. The van der Waals surface area contributed by atoms with Crippen molar-refractivity contribution in [3.8, 4) is 0 Å². The molecule has 194 valence electrons. The standard InChI is InChI=1S/C30H30FN5O2/c31-25-7-5-22(6-8-25)28-15-29(36-35-28)30(11-12-32)26-9-1-20(16-33-18-37)13-23(26)3-4-24-14-21(17-34-19-38)2-10-27(24)30/h1-2,5-10,13-14,18-19H,3-4,11-12,15-17,32H2,(H,33,37)(H,34,38). The zero-order valence-electron chi connectivity index (χ0n) is 21.0. The first-order valence-corrected chi connectivity index (χ1v) is 12.8. The summed E-state index contributed by atoms with van der Waals surface area (Å²) in [5.41, 5.74) is 14.9. The Morgan fingerprint density at radius 3 is 1.95 bits per heavy atom. The van der Waals surface area contributed by atoms with Gasteiger partial charge in [0.25, 0.3) is 0 Å². The minimum Gasteiger partial charge on any atom is -0.355 e. The van der Waals surface area contributed by atoms with Crippen LogP contribution in [0.2, 0.25) is 0 Å². The molecule has 38 heavy (non-hydrogen) atoms. The number of rotatable bonds is 10. The van der Waals surface area contributed by atoms with Crippen LogP contribution in [-0.4, -0.2) is 30.8 Å². The van der Waals surface area contributed by atoms with Crippen LogP contribution in [0.5, 0.6) is 0 Å². The molecule has 1 heterocycles. The lowest BCUT2D eigenvalue weighted by Crippen LogP contribution is -2.40. The van der Waals surface area contributed by atoms with E-state index >= 15 is 0 Å². The van der Waals surface area contributed by atoms with E-state index < -0.39 is 5.41 Å². The molecule has 3 aromatic rings. The van der Waals surface area contributed by atoms with Crippen LogP contribution in [0.3, 0.4) is 0 Å². The normalized spacial score (nSPS) is 15.4. The fraction of sp³-hybridized carbons (Fsp3) is 0.267.